The second kappa shape index (κ2) is 5.32. The predicted molar refractivity (Wildman–Crippen MR) is 68.1 cm³/mol. The van der Waals surface area contributed by atoms with E-state index in [9.17, 15) is 18.0 Å². The van der Waals surface area contributed by atoms with E-state index in [1.807, 2.05) is 0 Å². The number of benzene rings is 1. The Morgan fingerprint density at radius 3 is 2.35 bits per heavy atom. The smallest absolute Gasteiger partial charge is 0.355 e. The van der Waals surface area contributed by atoms with Gasteiger partial charge < -0.3 is 5.32 Å². The maximum absolute atomic E-state index is 12.5. The van der Waals surface area contributed by atoms with Gasteiger partial charge in [-0.2, -0.15) is 13.2 Å². The van der Waals surface area contributed by atoms with E-state index < -0.39 is 11.7 Å². The molecule has 0 saturated carbocycles. The van der Waals surface area contributed by atoms with Crippen LogP contribution in [0.25, 0.3) is 11.3 Å². The third kappa shape index (κ3) is 2.79. The van der Waals surface area contributed by atoms with Crippen LogP contribution >= 0.6 is 0 Å². The largest absolute Gasteiger partial charge is 0.416 e. The quantitative estimate of drug-likeness (QED) is 0.918. The van der Waals surface area contributed by atoms with Crippen LogP contribution in [-0.4, -0.2) is 17.9 Å². The van der Waals surface area contributed by atoms with Gasteiger partial charge in [0, 0.05) is 18.8 Å². The van der Waals surface area contributed by atoms with E-state index in [0.29, 0.717) is 16.8 Å². The predicted octanol–water partition coefficient (Wildman–Crippen LogP) is 3.13. The first-order chi connectivity index (χ1) is 9.43. The van der Waals surface area contributed by atoms with Crippen molar-refractivity contribution < 1.29 is 18.0 Å². The van der Waals surface area contributed by atoms with Gasteiger partial charge in [-0.25, -0.2) is 0 Å². The lowest BCUT2D eigenvalue weighted by atomic mass is 10.0. The Kier molecular flexibility index (Phi) is 3.74. The van der Waals surface area contributed by atoms with Crippen LogP contribution in [0.4, 0.5) is 13.2 Å². The Morgan fingerprint density at radius 1 is 1.15 bits per heavy atom. The van der Waals surface area contributed by atoms with Crippen LogP contribution in [0.3, 0.4) is 0 Å². The number of rotatable bonds is 2. The van der Waals surface area contributed by atoms with Crippen molar-refractivity contribution in [2.24, 2.45) is 0 Å². The number of aromatic nitrogens is 1. The SMILES string of the molecule is CNC(=O)c1cccnc1-c1ccc(C(F)(F)F)cc1. The molecule has 0 unspecified atom stereocenters. The fourth-order valence-electron chi connectivity index (χ4n) is 1.77. The molecule has 0 aliphatic carbocycles. The van der Waals surface area contributed by atoms with Crippen LogP contribution < -0.4 is 5.32 Å². The van der Waals surface area contributed by atoms with Gasteiger partial charge in [-0.1, -0.05) is 12.1 Å². The zero-order valence-corrected chi connectivity index (χ0v) is 10.5. The molecule has 0 spiro atoms. The maximum atomic E-state index is 12.5. The summed E-state index contributed by atoms with van der Waals surface area (Å²) < 4.78 is 37.5. The standard InChI is InChI=1S/C14H11F3N2O/c1-18-13(20)11-3-2-8-19-12(11)9-4-6-10(7-5-9)14(15,16)17/h2-8H,1H3,(H,18,20). The summed E-state index contributed by atoms with van der Waals surface area (Å²) >= 11 is 0. The van der Waals surface area contributed by atoms with Crippen molar-refractivity contribution in [1.29, 1.82) is 0 Å². The van der Waals surface area contributed by atoms with Crippen molar-refractivity contribution in [1.82, 2.24) is 10.3 Å². The fraction of sp³-hybridized carbons (Fsp3) is 0.143. The molecular weight excluding hydrogens is 269 g/mol. The van der Waals surface area contributed by atoms with Crippen LogP contribution in [0.15, 0.2) is 42.6 Å². The summed E-state index contributed by atoms with van der Waals surface area (Å²) in [5.74, 6) is -0.340. The van der Waals surface area contributed by atoms with Crippen LogP contribution in [-0.2, 0) is 6.18 Å². The molecule has 1 aromatic carbocycles. The molecule has 1 N–H and O–H groups in total. The Hall–Kier alpha value is -2.37. The van der Waals surface area contributed by atoms with E-state index >= 15 is 0 Å². The maximum Gasteiger partial charge on any atom is 0.416 e. The highest BCUT2D eigenvalue weighted by Crippen LogP contribution is 2.31. The molecule has 0 saturated heterocycles. The number of nitrogens with zero attached hydrogens (tertiary/aromatic N) is 1. The van der Waals surface area contributed by atoms with Crippen molar-refractivity contribution in [3.05, 3.63) is 53.7 Å². The number of hydrogen-bond acceptors (Lipinski definition) is 2. The molecule has 1 aromatic heterocycles. The topological polar surface area (TPSA) is 42.0 Å². The summed E-state index contributed by atoms with van der Waals surface area (Å²) in [4.78, 5) is 15.8. The molecule has 1 heterocycles. The number of pyridine rings is 1. The lowest BCUT2D eigenvalue weighted by Gasteiger charge is -2.09. The van der Waals surface area contributed by atoms with Crippen LogP contribution in [0.5, 0.6) is 0 Å². The van der Waals surface area contributed by atoms with Gasteiger partial charge in [0.25, 0.3) is 5.91 Å². The van der Waals surface area contributed by atoms with E-state index in [1.165, 1.54) is 25.4 Å². The molecule has 6 heteroatoms. The lowest BCUT2D eigenvalue weighted by molar-refractivity contribution is -0.137. The van der Waals surface area contributed by atoms with Gasteiger partial charge >= 0.3 is 6.18 Å². The lowest BCUT2D eigenvalue weighted by Crippen LogP contribution is -2.19. The average Bonchev–Trinajstić information content (AvgIpc) is 2.45. The second-order valence-electron chi connectivity index (χ2n) is 4.05. The molecule has 0 fully saturated rings. The van der Waals surface area contributed by atoms with Gasteiger partial charge in [0.1, 0.15) is 0 Å². The molecule has 1 amide bonds. The minimum atomic E-state index is -4.38. The first-order valence-corrected chi connectivity index (χ1v) is 5.78. The molecule has 3 nitrogen and oxygen atoms in total. The van der Waals surface area contributed by atoms with Crippen molar-refractivity contribution in [3.63, 3.8) is 0 Å². The fourth-order valence-corrected chi connectivity index (χ4v) is 1.77. The second-order valence-corrected chi connectivity index (χ2v) is 4.05. The first kappa shape index (κ1) is 14.0. The monoisotopic (exact) mass is 280 g/mol. The van der Waals surface area contributed by atoms with E-state index in [0.717, 1.165) is 12.1 Å². The Balaban J connectivity index is 2.45. The average molecular weight is 280 g/mol. The minimum Gasteiger partial charge on any atom is -0.355 e. The number of amides is 1. The molecule has 104 valence electrons. The van der Waals surface area contributed by atoms with Gasteiger partial charge in [-0.3, -0.25) is 9.78 Å². The summed E-state index contributed by atoms with van der Waals surface area (Å²) in [6, 6.07) is 7.71. The number of hydrogen-bond donors (Lipinski definition) is 1. The zero-order valence-electron chi connectivity index (χ0n) is 10.5. The molecule has 0 aliphatic heterocycles. The number of carbonyl (C=O) groups is 1. The highest BCUT2D eigenvalue weighted by Gasteiger charge is 2.30. The molecular formula is C14H11F3N2O. The van der Waals surface area contributed by atoms with E-state index in [2.05, 4.69) is 10.3 Å². The molecule has 0 atom stereocenters. The molecule has 0 aliphatic rings. The molecule has 2 rings (SSSR count). The highest BCUT2D eigenvalue weighted by molar-refractivity contribution is 5.99. The molecule has 2 aromatic rings. The highest BCUT2D eigenvalue weighted by atomic mass is 19.4. The Morgan fingerprint density at radius 2 is 1.80 bits per heavy atom. The normalized spacial score (nSPS) is 11.2. The van der Waals surface area contributed by atoms with Crippen LogP contribution in [0.1, 0.15) is 15.9 Å². The van der Waals surface area contributed by atoms with Gasteiger partial charge in [0.05, 0.1) is 16.8 Å². The molecule has 0 bridgehead atoms. The summed E-state index contributed by atoms with van der Waals surface area (Å²) in [6.45, 7) is 0. The van der Waals surface area contributed by atoms with Crippen LogP contribution in [0.2, 0.25) is 0 Å². The van der Waals surface area contributed by atoms with Crippen molar-refractivity contribution >= 4 is 5.91 Å². The van der Waals surface area contributed by atoms with Gasteiger partial charge in [0.2, 0.25) is 0 Å². The minimum absolute atomic E-state index is 0.315. The van der Waals surface area contributed by atoms with Crippen molar-refractivity contribution in [2.45, 2.75) is 6.18 Å². The van der Waals surface area contributed by atoms with Crippen LogP contribution in [0, 0.1) is 0 Å². The number of carbonyl (C=O) groups excluding carboxylic acids is 1. The first-order valence-electron chi connectivity index (χ1n) is 5.78. The summed E-state index contributed by atoms with van der Waals surface area (Å²) in [6.07, 6.45) is -2.90. The third-order valence-electron chi connectivity index (χ3n) is 2.77. The van der Waals surface area contributed by atoms with Gasteiger partial charge in [-0.15, -0.1) is 0 Å². The number of halogens is 3. The zero-order chi connectivity index (χ0) is 14.8. The molecule has 0 radical (unpaired) electrons. The Bertz CT molecular complexity index is 621. The van der Waals surface area contributed by atoms with E-state index in [1.54, 1.807) is 12.1 Å². The Labute approximate surface area is 113 Å². The number of nitrogens with one attached hydrogen (secondary N) is 1. The third-order valence-corrected chi connectivity index (χ3v) is 2.77. The van der Waals surface area contributed by atoms with Crippen molar-refractivity contribution in [2.75, 3.05) is 7.05 Å². The van der Waals surface area contributed by atoms with Crippen molar-refractivity contribution in [3.8, 4) is 11.3 Å². The summed E-state index contributed by atoms with van der Waals surface area (Å²) in [5.41, 5.74) is 0.381. The summed E-state index contributed by atoms with van der Waals surface area (Å²) in [5, 5.41) is 2.47. The van der Waals surface area contributed by atoms with E-state index in [-0.39, 0.29) is 5.91 Å². The van der Waals surface area contributed by atoms with Gasteiger partial charge in [-0.05, 0) is 24.3 Å². The number of alkyl halides is 3. The van der Waals surface area contributed by atoms with Gasteiger partial charge in [0.15, 0.2) is 0 Å². The van der Waals surface area contributed by atoms with E-state index in [4.69, 9.17) is 0 Å². The summed E-state index contributed by atoms with van der Waals surface area (Å²) in [7, 11) is 1.48. The molecule has 20 heavy (non-hydrogen) atoms.